The summed E-state index contributed by atoms with van der Waals surface area (Å²) < 4.78 is 65.4. The Kier molecular flexibility index (Phi) is 6.46. The molecule has 0 bridgehead atoms. The lowest BCUT2D eigenvalue weighted by Gasteiger charge is -2.26. The van der Waals surface area contributed by atoms with Gasteiger partial charge >= 0.3 is 6.18 Å². The number of hydrogen-bond donors (Lipinski definition) is 1. The van der Waals surface area contributed by atoms with Crippen LogP contribution in [-0.4, -0.2) is 44.9 Å². The Morgan fingerprint density at radius 1 is 1.06 bits per heavy atom. The van der Waals surface area contributed by atoms with Gasteiger partial charge in [-0.25, -0.2) is 8.42 Å². The molecule has 0 saturated carbocycles. The van der Waals surface area contributed by atoms with Gasteiger partial charge in [0.1, 0.15) is 0 Å². The summed E-state index contributed by atoms with van der Waals surface area (Å²) in [5.74, 6) is -0.197. The first kappa shape index (κ1) is 23.3. The topological polar surface area (TPSA) is 79.0 Å². The monoisotopic (exact) mass is 481 g/mol. The van der Waals surface area contributed by atoms with Gasteiger partial charge in [0.15, 0.2) is 6.61 Å². The van der Waals surface area contributed by atoms with E-state index in [2.05, 4.69) is 5.48 Å². The molecule has 2 aliphatic rings. The van der Waals surface area contributed by atoms with E-state index in [0.717, 1.165) is 40.2 Å². The van der Waals surface area contributed by atoms with E-state index >= 15 is 0 Å². The fourth-order valence-electron chi connectivity index (χ4n) is 3.81. The fourth-order valence-corrected chi connectivity index (χ4v) is 5.24. The number of amides is 1. The van der Waals surface area contributed by atoms with Crippen LogP contribution in [0, 0.1) is 0 Å². The summed E-state index contributed by atoms with van der Waals surface area (Å²) >= 11 is 0. The summed E-state index contributed by atoms with van der Waals surface area (Å²) in [6.07, 6.45) is -2.00. The van der Waals surface area contributed by atoms with Gasteiger partial charge in [0.25, 0.3) is 5.91 Å². The summed E-state index contributed by atoms with van der Waals surface area (Å²) in [6, 6.07) is 11.4. The van der Waals surface area contributed by atoms with Crippen LogP contribution in [0.25, 0.3) is 0 Å². The highest BCUT2D eigenvalue weighted by Crippen LogP contribution is 2.31. The highest BCUT2D eigenvalue weighted by molar-refractivity contribution is 7.89. The van der Waals surface area contributed by atoms with Crippen molar-refractivity contribution in [2.75, 3.05) is 31.1 Å². The van der Waals surface area contributed by atoms with Gasteiger partial charge in [-0.15, -0.1) is 0 Å². The summed E-state index contributed by atoms with van der Waals surface area (Å²) in [4.78, 5) is 19.0. The first-order valence-electron chi connectivity index (χ1n) is 10.3. The average molecular weight is 481 g/mol. The number of carbonyl (C=O) groups excluding carboxylic acids is 1. The van der Waals surface area contributed by atoms with Gasteiger partial charge in [-0.2, -0.15) is 17.5 Å². The van der Waals surface area contributed by atoms with Crippen LogP contribution in [0.4, 0.5) is 18.9 Å². The Balaban J connectivity index is 1.32. The van der Waals surface area contributed by atoms with Crippen LogP contribution in [0.2, 0.25) is 0 Å². The molecule has 0 spiro atoms. The van der Waals surface area contributed by atoms with Crippen LogP contribution in [0.3, 0.4) is 0 Å². The zero-order chi connectivity index (χ0) is 23.6. The number of sulfonamides is 1. The zero-order valence-electron chi connectivity index (χ0n) is 17.5. The van der Waals surface area contributed by atoms with Crippen molar-refractivity contribution in [3.8, 4) is 0 Å². The van der Waals surface area contributed by atoms with Gasteiger partial charge < -0.3 is 4.90 Å². The number of halogens is 3. The molecule has 11 heteroatoms. The number of nitrogens with zero attached hydrogens (tertiary/aromatic N) is 2. The van der Waals surface area contributed by atoms with Gasteiger partial charge in [-0.3, -0.25) is 15.1 Å². The second-order valence-electron chi connectivity index (χ2n) is 7.68. The Bertz CT molecular complexity index is 1180. The number of nitrogens with one attached hydrogen (secondary N) is 1. The maximum atomic E-state index is 12.9. The molecule has 4 rings (SSSR count). The van der Waals surface area contributed by atoms with Gasteiger partial charge in [0.2, 0.25) is 10.0 Å². The molecule has 0 fully saturated rings. The fraction of sp³-hybridized carbons (Fsp3) is 0.318. The predicted octanol–water partition coefficient (Wildman–Crippen LogP) is 3.09. The van der Waals surface area contributed by atoms with Crippen LogP contribution in [0.1, 0.15) is 17.5 Å². The number of benzene rings is 2. The molecule has 1 N–H and O–H groups in total. The number of para-hydroxylation sites is 1. The van der Waals surface area contributed by atoms with Crippen molar-refractivity contribution in [2.45, 2.75) is 23.9 Å². The lowest BCUT2D eigenvalue weighted by Crippen LogP contribution is -2.38. The van der Waals surface area contributed by atoms with Crippen molar-refractivity contribution in [3.05, 3.63) is 71.4 Å². The van der Waals surface area contributed by atoms with E-state index in [-0.39, 0.29) is 32.0 Å². The van der Waals surface area contributed by atoms with Crippen molar-refractivity contribution in [3.63, 3.8) is 0 Å². The normalized spacial score (nSPS) is 16.9. The number of anilines is 1. The van der Waals surface area contributed by atoms with E-state index in [1.54, 1.807) is 11.0 Å². The maximum Gasteiger partial charge on any atom is 0.416 e. The molecule has 0 atom stereocenters. The second kappa shape index (κ2) is 9.16. The molecule has 33 heavy (non-hydrogen) atoms. The molecule has 0 aromatic heterocycles. The first-order chi connectivity index (χ1) is 15.7. The lowest BCUT2D eigenvalue weighted by atomic mass is 10.2. The number of hydroxylamine groups is 1. The molecule has 2 aromatic rings. The molecule has 2 heterocycles. The SMILES string of the molecule is O=C(CONC1=CCN(S(=O)(=O)c2cccc(C(F)(F)F)c2)CC1)N1CCc2ccccc21. The van der Waals surface area contributed by atoms with Gasteiger partial charge in [0.05, 0.1) is 10.5 Å². The molecule has 1 amide bonds. The quantitative estimate of drug-likeness (QED) is 0.642. The molecular formula is C22H22F3N3O4S. The Labute approximate surface area is 189 Å². The van der Waals surface area contributed by atoms with Crippen molar-refractivity contribution in [2.24, 2.45) is 0 Å². The maximum absolute atomic E-state index is 12.9. The van der Waals surface area contributed by atoms with Gasteiger partial charge in [0, 0.05) is 37.4 Å². The first-order valence-corrected chi connectivity index (χ1v) is 11.7. The number of hydrogen-bond acceptors (Lipinski definition) is 5. The van der Waals surface area contributed by atoms with E-state index in [4.69, 9.17) is 4.84 Å². The van der Waals surface area contributed by atoms with Gasteiger partial charge in [-0.05, 0) is 42.3 Å². The summed E-state index contributed by atoms with van der Waals surface area (Å²) in [5.41, 5.74) is 4.25. The minimum Gasteiger partial charge on any atom is -0.310 e. The molecule has 0 radical (unpaired) electrons. The highest BCUT2D eigenvalue weighted by Gasteiger charge is 2.33. The number of fused-ring (bicyclic) bond motifs is 1. The van der Waals surface area contributed by atoms with Crippen molar-refractivity contribution < 1.29 is 31.2 Å². The van der Waals surface area contributed by atoms with Crippen molar-refractivity contribution >= 4 is 21.6 Å². The average Bonchev–Trinajstić information content (AvgIpc) is 3.23. The second-order valence-corrected chi connectivity index (χ2v) is 9.62. The third-order valence-electron chi connectivity index (χ3n) is 5.56. The zero-order valence-corrected chi connectivity index (χ0v) is 18.3. The highest BCUT2D eigenvalue weighted by atomic mass is 32.2. The van der Waals surface area contributed by atoms with E-state index < -0.39 is 26.7 Å². The molecular weight excluding hydrogens is 459 g/mol. The molecule has 2 aromatic carbocycles. The van der Waals surface area contributed by atoms with Crippen molar-refractivity contribution in [1.29, 1.82) is 0 Å². The summed E-state index contributed by atoms with van der Waals surface area (Å²) in [7, 11) is -4.08. The number of alkyl halides is 3. The molecule has 2 aliphatic heterocycles. The van der Waals surface area contributed by atoms with Crippen LogP contribution in [0.15, 0.2) is 65.2 Å². The Morgan fingerprint density at radius 2 is 1.85 bits per heavy atom. The number of carbonyl (C=O) groups is 1. The van der Waals surface area contributed by atoms with E-state index in [9.17, 15) is 26.4 Å². The van der Waals surface area contributed by atoms with Crippen LogP contribution in [-0.2, 0) is 32.3 Å². The third-order valence-corrected chi connectivity index (χ3v) is 7.42. The largest absolute Gasteiger partial charge is 0.416 e. The third kappa shape index (κ3) is 5.05. The van der Waals surface area contributed by atoms with Gasteiger partial charge in [-0.1, -0.05) is 24.3 Å². The standard InChI is InChI=1S/C22H22F3N3O4S/c23-22(24,25)17-5-3-6-19(14-17)33(30,31)27-11-9-18(10-12-27)26-32-15-21(29)28-13-8-16-4-1-2-7-20(16)28/h1-7,9,14,26H,8,10-13,15H2. The van der Waals surface area contributed by atoms with Crippen molar-refractivity contribution in [1.82, 2.24) is 9.79 Å². The minimum absolute atomic E-state index is 0.0300. The Morgan fingerprint density at radius 3 is 2.58 bits per heavy atom. The predicted molar refractivity (Wildman–Crippen MR) is 114 cm³/mol. The number of rotatable bonds is 6. The molecule has 0 aliphatic carbocycles. The van der Waals surface area contributed by atoms with E-state index in [1.807, 2.05) is 24.3 Å². The molecule has 0 unspecified atom stereocenters. The summed E-state index contributed by atoms with van der Waals surface area (Å²) in [5, 5.41) is 0. The van der Waals surface area contributed by atoms with E-state index in [1.165, 1.54) is 0 Å². The Hall–Kier alpha value is -2.89. The van der Waals surface area contributed by atoms with Crippen LogP contribution in [0.5, 0.6) is 0 Å². The lowest BCUT2D eigenvalue weighted by molar-refractivity contribution is -0.137. The summed E-state index contributed by atoms with van der Waals surface area (Å²) in [6.45, 7) is 0.427. The smallest absolute Gasteiger partial charge is 0.310 e. The molecule has 0 saturated heterocycles. The minimum atomic E-state index is -4.63. The van der Waals surface area contributed by atoms with Crippen LogP contribution >= 0.6 is 0 Å². The molecule has 7 nitrogen and oxygen atoms in total. The molecule has 176 valence electrons. The van der Waals surface area contributed by atoms with E-state index in [0.29, 0.717) is 18.3 Å². The van der Waals surface area contributed by atoms with Crippen LogP contribution < -0.4 is 10.4 Å².